The molecule has 1 N–H and O–H groups in total. The summed E-state index contributed by atoms with van der Waals surface area (Å²) in [5.41, 5.74) is 1.37. The average molecular weight is 309 g/mol. The number of rotatable bonds is 8. The molecule has 7 heteroatoms. The fourth-order valence-corrected chi connectivity index (χ4v) is 2.82. The number of nitro groups is 1. The molecule has 2 rings (SSSR count). The molecular formula is C14H19N3O3S. The molecule has 0 atom stereocenters. The lowest BCUT2D eigenvalue weighted by molar-refractivity contribution is -0.383. The molecule has 0 aliphatic rings. The summed E-state index contributed by atoms with van der Waals surface area (Å²) in [5, 5.41) is 15.1. The highest BCUT2D eigenvalue weighted by atomic mass is 32.1. The summed E-state index contributed by atoms with van der Waals surface area (Å²) in [5.74, 6) is 0. The summed E-state index contributed by atoms with van der Waals surface area (Å²) in [7, 11) is 0. The van der Waals surface area contributed by atoms with Crippen molar-refractivity contribution in [3.63, 3.8) is 0 Å². The Hall–Kier alpha value is -1.73. The van der Waals surface area contributed by atoms with Crippen molar-refractivity contribution in [1.82, 2.24) is 4.98 Å². The summed E-state index contributed by atoms with van der Waals surface area (Å²) in [6.07, 6.45) is 2.13. The molecule has 0 bridgehead atoms. The van der Waals surface area contributed by atoms with Gasteiger partial charge in [-0.1, -0.05) is 13.3 Å². The lowest BCUT2D eigenvalue weighted by Gasteiger charge is -2.07. The standard InChI is InChI=1S/C14H19N3O3S/c1-3-4-6-20-7-5-15-11-8-12-14(21-10(2)16-12)9-13(11)17(18)19/h8-9,15H,3-7H2,1-2H3. The van der Waals surface area contributed by atoms with Crippen LogP contribution in [0.25, 0.3) is 10.2 Å². The van der Waals surface area contributed by atoms with Crippen molar-refractivity contribution in [2.75, 3.05) is 25.1 Å². The van der Waals surface area contributed by atoms with Gasteiger partial charge in [-0.15, -0.1) is 11.3 Å². The maximum Gasteiger partial charge on any atom is 0.293 e. The molecule has 1 heterocycles. The van der Waals surface area contributed by atoms with Gasteiger partial charge in [0, 0.05) is 19.2 Å². The maximum atomic E-state index is 11.2. The average Bonchev–Trinajstić information content (AvgIpc) is 2.80. The molecule has 0 spiro atoms. The third kappa shape index (κ3) is 4.12. The molecule has 1 aromatic carbocycles. The molecule has 0 amide bonds. The van der Waals surface area contributed by atoms with Crippen molar-refractivity contribution in [1.29, 1.82) is 0 Å². The van der Waals surface area contributed by atoms with E-state index < -0.39 is 0 Å². The number of benzene rings is 1. The highest BCUT2D eigenvalue weighted by molar-refractivity contribution is 7.18. The zero-order valence-corrected chi connectivity index (χ0v) is 13.0. The van der Waals surface area contributed by atoms with Crippen molar-refractivity contribution in [3.8, 4) is 0 Å². The van der Waals surface area contributed by atoms with Crippen LogP contribution in [0.2, 0.25) is 0 Å². The number of ether oxygens (including phenoxy) is 1. The van der Waals surface area contributed by atoms with Gasteiger partial charge in [-0.05, 0) is 19.4 Å². The first kappa shape index (κ1) is 15.7. The lowest BCUT2D eigenvalue weighted by Crippen LogP contribution is -2.11. The zero-order valence-electron chi connectivity index (χ0n) is 12.2. The normalized spacial score (nSPS) is 11.0. The van der Waals surface area contributed by atoms with Crippen LogP contribution >= 0.6 is 11.3 Å². The molecule has 21 heavy (non-hydrogen) atoms. The van der Waals surface area contributed by atoms with Crippen LogP contribution in [-0.4, -0.2) is 29.7 Å². The number of aromatic nitrogens is 1. The van der Waals surface area contributed by atoms with Crippen LogP contribution in [0.1, 0.15) is 24.8 Å². The predicted molar refractivity (Wildman–Crippen MR) is 85.2 cm³/mol. The summed E-state index contributed by atoms with van der Waals surface area (Å²) >= 11 is 1.46. The molecule has 0 saturated heterocycles. The van der Waals surface area contributed by atoms with Crippen molar-refractivity contribution in [3.05, 3.63) is 27.3 Å². The van der Waals surface area contributed by atoms with Gasteiger partial charge >= 0.3 is 0 Å². The lowest BCUT2D eigenvalue weighted by atomic mass is 10.2. The van der Waals surface area contributed by atoms with Gasteiger partial charge in [0.1, 0.15) is 5.69 Å². The van der Waals surface area contributed by atoms with Crippen LogP contribution in [0.15, 0.2) is 12.1 Å². The number of nitrogens with zero attached hydrogens (tertiary/aromatic N) is 2. The van der Waals surface area contributed by atoms with Crippen LogP contribution in [0.5, 0.6) is 0 Å². The van der Waals surface area contributed by atoms with Gasteiger partial charge in [0.2, 0.25) is 0 Å². The van der Waals surface area contributed by atoms with E-state index in [0.29, 0.717) is 18.8 Å². The van der Waals surface area contributed by atoms with E-state index >= 15 is 0 Å². The number of aryl methyl sites for hydroxylation is 1. The smallest absolute Gasteiger partial charge is 0.293 e. The van der Waals surface area contributed by atoms with Gasteiger partial charge in [0.05, 0.1) is 26.8 Å². The molecule has 114 valence electrons. The van der Waals surface area contributed by atoms with E-state index in [2.05, 4.69) is 17.2 Å². The minimum Gasteiger partial charge on any atom is -0.380 e. The van der Waals surface area contributed by atoms with Crippen LogP contribution < -0.4 is 5.32 Å². The molecule has 6 nitrogen and oxygen atoms in total. The minimum atomic E-state index is -0.366. The minimum absolute atomic E-state index is 0.0831. The summed E-state index contributed by atoms with van der Waals surface area (Å²) in [4.78, 5) is 15.2. The van der Waals surface area contributed by atoms with Crippen molar-refractivity contribution >= 4 is 32.9 Å². The van der Waals surface area contributed by atoms with Gasteiger partial charge in [0.15, 0.2) is 0 Å². The van der Waals surface area contributed by atoms with Crippen LogP contribution in [0.3, 0.4) is 0 Å². The fraction of sp³-hybridized carbons (Fsp3) is 0.500. The van der Waals surface area contributed by atoms with Crippen molar-refractivity contribution < 1.29 is 9.66 Å². The fourth-order valence-electron chi connectivity index (χ4n) is 1.98. The maximum absolute atomic E-state index is 11.2. The monoisotopic (exact) mass is 309 g/mol. The quantitative estimate of drug-likeness (QED) is 0.456. The summed E-state index contributed by atoms with van der Waals surface area (Å²) in [6, 6.07) is 3.32. The zero-order chi connectivity index (χ0) is 15.2. The molecule has 0 aliphatic heterocycles. The summed E-state index contributed by atoms with van der Waals surface area (Å²) < 4.78 is 6.28. The first-order chi connectivity index (χ1) is 10.1. The largest absolute Gasteiger partial charge is 0.380 e. The second-order valence-electron chi connectivity index (χ2n) is 4.72. The van der Waals surface area contributed by atoms with Gasteiger partial charge in [0.25, 0.3) is 5.69 Å². The Morgan fingerprint density at radius 1 is 1.43 bits per heavy atom. The molecule has 2 aromatic rings. The highest BCUT2D eigenvalue weighted by Gasteiger charge is 2.16. The Morgan fingerprint density at radius 3 is 2.95 bits per heavy atom. The first-order valence-electron chi connectivity index (χ1n) is 6.99. The van der Waals surface area contributed by atoms with Gasteiger partial charge < -0.3 is 10.1 Å². The number of fused-ring (bicyclic) bond motifs is 1. The second-order valence-corrected chi connectivity index (χ2v) is 5.95. The Kier molecular flexibility index (Phi) is 5.46. The van der Waals surface area contributed by atoms with E-state index in [9.17, 15) is 10.1 Å². The number of hydrogen-bond acceptors (Lipinski definition) is 6. The van der Waals surface area contributed by atoms with Gasteiger partial charge in [-0.25, -0.2) is 4.98 Å². The summed E-state index contributed by atoms with van der Waals surface area (Å²) in [6.45, 7) is 5.80. The molecular weight excluding hydrogens is 290 g/mol. The Morgan fingerprint density at radius 2 is 2.24 bits per heavy atom. The van der Waals surface area contributed by atoms with E-state index in [1.165, 1.54) is 11.3 Å². The van der Waals surface area contributed by atoms with E-state index in [0.717, 1.165) is 34.7 Å². The number of nitrogens with one attached hydrogen (secondary N) is 1. The molecule has 0 radical (unpaired) electrons. The second kappa shape index (κ2) is 7.33. The van der Waals surface area contributed by atoms with Gasteiger partial charge in [-0.2, -0.15) is 0 Å². The van der Waals surface area contributed by atoms with Crippen molar-refractivity contribution in [2.45, 2.75) is 26.7 Å². The van der Waals surface area contributed by atoms with Crippen molar-refractivity contribution in [2.24, 2.45) is 0 Å². The van der Waals surface area contributed by atoms with E-state index in [1.807, 2.05) is 6.92 Å². The molecule has 0 aliphatic carbocycles. The van der Waals surface area contributed by atoms with Crippen LogP contribution in [-0.2, 0) is 4.74 Å². The molecule has 0 unspecified atom stereocenters. The van der Waals surface area contributed by atoms with E-state index in [4.69, 9.17) is 4.74 Å². The Bertz CT molecular complexity index is 627. The topological polar surface area (TPSA) is 77.3 Å². The number of hydrogen-bond donors (Lipinski definition) is 1. The SMILES string of the molecule is CCCCOCCNc1cc2nc(C)sc2cc1[N+](=O)[O-]. The van der Waals surface area contributed by atoms with E-state index in [-0.39, 0.29) is 10.6 Å². The van der Waals surface area contributed by atoms with E-state index in [1.54, 1.807) is 12.1 Å². The molecule has 0 fully saturated rings. The van der Waals surface area contributed by atoms with Gasteiger partial charge in [-0.3, -0.25) is 10.1 Å². The Labute approximate surface area is 127 Å². The first-order valence-corrected chi connectivity index (χ1v) is 7.80. The predicted octanol–water partition coefficient (Wildman–Crippen LogP) is 3.74. The third-order valence-corrected chi connectivity index (χ3v) is 3.95. The van der Waals surface area contributed by atoms with Crippen LogP contribution in [0.4, 0.5) is 11.4 Å². The number of nitro benzene ring substituents is 1. The number of unbranched alkanes of at least 4 members (excludes halogenated alkanes) is 1. The molecule has 1 aromatic heterocycles. The van der Waals surface area contributed by atoms with Crippen LogP contribution in [0, 0.1) is 17.0 Å². The Balaban J connectivity index is 2.06. The number of thiazole rings is 1. The highest BCUT2D eigenvalue weighted by Crippen LogP contribution is 2.32. The third-order valence-electron chi connectivity index (χ3n) is 3.01. The number of anilines is 1. The molecule has 0 saturated carbocycles.